The van der Waals surface area contributed by atoms with Gasteiger partial charge in [0.1, 0.15) is 17.3 Å². The van der Waals surface area contributed by atoms with Gasteiger partial charge in [-0.25, -0.2) is 9.48 Å². The maximum absolute atomic E-state index is 13.0. The van der Waals surface area contributed by atoms with Crippen LogP contribution in [-0.2, 0) is 10.2 Å². The van der Waals surface area contributed by atoms with Crippen molar-refractivity contribution in [2.24, 2.45) is 0 Å². The van der Waals surface area contributed by atoms with Crippen molar-refractivity contribution in [3.63, 3.8) is 0 Å². The summed E-state index contributed by atoms with van der Waals surface area (Å²) in [7, 11) is 0. The van der Waals surface area contributed by atoms with E-state index in [-0.39, 0.29) is 24.4 Å². The van der Waals surface area contributed by atoms with Crippen molar-refractivity contribution >= 4 is 23.3 Å². The van der Waals surface area contributed by atoms with E-state index in [1.54, 1.807) is 71.7 Å². The van der Waals surface area contributed by atoms with Crippen LogP contribution in [0.2, 0.25) is 0 Å². The minimum absolute atomic E-state index is 0.0220. The van der Waals surface area contributed by atoms with Crippen LogP contribution in [-0.4, -0.2) is 51.5 Å². The van der Waals surface area contributed by atoms with Crippen LogP contribution < -0.4 is 15.4 Å². The SMILES string of the molecule is CC(C)(C)c1cc(NC(=O)Nc2ccc(Oc3ccncc3)cc2)n(-c2cccc(C(=O)CCCOCCO)c2)n1. The zero-order chi connectivity index (χ0) is 29.2. The number of pyridine rings is 1. The van der Waals surface area contributed by atoms with Crippen LogP contribution in [0.25, 0.3) is 5.69 Å². The second-order valence-electron chi connectivity index (χ2n) is 10.4. The molecule has 0 aliphatic carbocycles. The number of benzene rings is 2. The fraction of sp³-hybridized carbons (Fsp3) is 0.290. The Morgan fingerprint density at radius 2 is 1.66 bits per heavy atom. The highest BCUT2D eigenvalue weighted by Crippen LogP contribution is 2.27. The minimum atomic E-state index is -0.440. The molecular weight excluding hydrogens is 522 g/mol. The Labute approximate surface area is 239 Å². The van der Waals surface area contributed by atoms with Crippen LogP contribution in [0, 0.1) is 0 Å². The van der Waals surface area contributed by atoms with Crippen molar-refractivity contribution in [2.45, 2.75) is 39.0 Å². The summed E-state index contributed by atoms with van der Waals surface area (Å²) < 4.78 is 12.7. The molecule has 2 aromatic carbocycles. The van der Waals surface area contributed by atoms with Gasteiger partial charge < -0.3 is 19.9 Å². The molecule has 2 heterocycles. The Morgan fingerprint density at radius 3 is 2.37 bits per heavy atom. The summed E-state index contributed by atoms with van der Waals surface area (Å²) in [5, 5.41) is 19.3. The summed E-state index contributed by atoms with van der Waals surface area (Å²) in [6.07, 6.45) is 4.18. The van der Waals surface area contributed by atoms with E-state index in [2.05, 4.69) is 15.6 Å². The summed E-state index contributed by atoms with van der Waals surface area (Å²) in [6.45, 7) is 6.74. The number of aliphatic hydroxyl groups excluding tert-OH is 1. The maximum Gasteiger partial charge on any atom is 0.324 e. The summed E-state index contributed by atoms with van der Waals surface area (Å²) >= 11 is 0. The molecule has 2 aromatic heterocycles. The number of anilines is 2. The Bertz CT molecular complexity index is 1450. The first-order valence-corrected chi connectivity index (χ1v) is 13.4. The standard InChI is InChI=1S/C31H35N5O5/c1-31(2,3)28-21-29(34-30(39)33-23-9-11-25(12-10-23)41-26-13-15-32-16-14-26)36(35-28)24-7-4-6-22(20-24)27(38)8-5-18-40-19-17-37/h4,6-7,9-16,20-21,37H,5,8,17-19H2,1-3H3,(H2,33,34,39). The van der Waals surface area contributed by atoms with E-state index < -0.39 is 6.03 Å². The number of Topliss-reactive ketones (excluding diaryl/α,β-unsaturated/α-hetero) is 1. The van der Waals surface area contributed by atoms with Crippen LogP contribution in [0.5, 0.6) is 11.5 Å². The molecule has 0 aliphatic rings. The molecule has 0 fully saturated rings. The third kappa shape index (κ3) is 8.47. The number of ether oxygens (including phenoxy) is 2. The number of carbonyl (C=O) groups is 2. The van der Waals surface area contributed by atoms with Gasteiger partial charge >= 0.3 is 6.03 Å². The Kier molecular flexibility index (Phi) is 9.83. The van der Waals surface area contributed by atoms with Crippen LogP contribution in [0.15, 0.2) is 79.1 Å². The third-order valence-electron chi connectivity index (χ3n) is 6.06. The van der Waals surface area contributed by atoms with E-state index in [4.69, 9.17) is 19.7 Å². The number of rotatable bonds is 12. The first-order chi connectivity index (χ1) is 19.7. The number of ketones is 1. The zero-order valence-corrected chi connectivity index (χ0v) is 23.5. The van der Waals surface area contributed by atoms with Crippen molar-refractivity contribution in [1.82, 2.24) is 14.8 Å². The van der Waals surface area contributed by atoms with E-state index in [1.165, 1.54) is 0 Å². The van der Waals surface area contributed by atoms with Crippen molar-refractivity contribution in [2.75, 3.05) is 30.5 Å². The summed E-state index contributed by atoms with van der Waals surface area (Å²) in [4.78, 5) is 29.8. The minimum Gasteiger partial charge on any atom is -0.457 e. The van der Waals surface area contributed by atoms with Crippen molar-refractivity contribution in [3.05, 3.63) is 90.4 Å². The van der Waals surface area contributed by atoms with Crippen molar-refractivity contribution in [1.29, 1.82) is 0 Å². The molecule has 0 saturated heterocycles. The lowest BCUT2D eigenvalue weighted by Gasteiger charge is -2.14. The van der Waals surface area contributed by atoms with Crippen LogP contribution >= 0.6 is 0 Å². The average molecular weight is 558 g/mol. The van der Waals surface area contributed by atoms with Crippen LogP contribution in [0.4, 0.5) is 16.3 Å². The number of aliphatic hydroxyl groups is 1. The molecule has 0 atom stereocenters. The number of nitrogens with one attached hydrogen (secondary N) is 2. The van der Waals surface area contributed by atoms with Gasteiger partial charge in [0.15, 0.2) is 5.78 Å². The first-order valence-electron chi connectivity index (χ1n) is 13.4. The summed E-state index contributed by atoms with van der Waals surface area (Å²) in [5.74, 6) is 1.74. The lowest BCUT2D eigenvalue weighted by Crippen LogP contribution is -2.21. The number of hydrogen-bond donors (Lipinski definition) is 3. The van der Waals surface area contributed by atoms with E-state index in [0.29, 0.717) is 53.7 Å². The summed E-state index contributed by atoms with van der Waals surface area (Å²) in [6, 6.07) is 19.1. The van der Waals surface area contributed by atoms with Gasteiger partial charge in [-0.2, -0.15) is 5.10 Å². The largest absolute Gasteiger partial charge is 0.457 e. The molecule has 0 radical (unpaired) electrons. The van der Waals surface area contributed by atoms with Gasteiger partial charge in [-0.05, 0) is 55.0 Å². The molecule has 41 heavy (non-hydrogen) atoms. The number of nitrogens with zero attached hydrogens (tertiary/aromatic N) is 3. The molecule has 0 saturated carbocycles. The molecule has 3 N–H and O–H groups in total. The molecule has 0 unspecified atom stereocenters. The van der Waals surface area contributed by atoms with E-state index in [9.17, 15) is 9.59 Å². The van der Waals surface area contributed by atoms with Gasteiger partial charge in [0.05, 0.1) is 24.6 Å². The fourth-order valence-electron chi connectivity index (χ4n) is 3.92. The number of hydrogen-bond acceptors (Lipinski definition) is 7. The van der Waals surface area contributed by atoms with Gasteiger partial charge in [0.2, 0.25) is 0 Å². The van der Waals surface area contributed by atoms with E-state index in [0.717, 1.165) is 5.69 Å². The van der Waals surface area contributed by atoms with E-state index >= 15 is 0 Å². The number of carbonyl (C=O) groups excluding carboxylic acids is 2. The Morgan fingerprint density at radius 1 is 0.927 bits per heavy atom. The van der Waals surface area contributed by atoms with Gasteiger partial charge in [0.25, 0.3) is 0 Å². The van der Waals surface area contributed by atoms with Crippen LogP contribution in [0.1, 0.15) is 49.7 Å². The maximum atomic E-state index is 13.0. The number of urea groups is 1. The first kappa shape index (κ1) is 29.4. The highest BCUT2D eigenvalue weighted by Gasteiger charge is 2.22. The Hall–Kier alpha value is -4.54. The molecule has 10 nitrogen and oxygen atoms in total. The van der Waals surface area contributed by atoms with Gasteiger partial charge in [0, 0.05) is 48.2 Å². The zero-order valence-electron chi connectivity index (χ0n) is 23.5. The highest BCUT2D eigenvalue weighted by molar-refractivity contribution is 5.99. The highest BCUT2D eigenvalue weighted by atomic mass is 16.5. The molecule has 10 heteroatoms. The molecule has 4 aromatic rings. The average Bonchev–Trinajstić information content (AvgIpc) is 3.39. The molecule has 0 aliphatic heterocycles. The van der Waals surface area contributed by atoms with Gasteiger partial charge in [-0.1, -0.05) is 32.9 Å². The van der Waals surface area contributed by atoms with Crippen LogP contribution in [0.3, 0.4) is 0 Å². The monoisotopic (exact) mass is 557 g/mol. The molecule has 0 spiro atoms. The molecule has 2 amide bonds. The quantitative estimate of drug-likeness (QED) is 0.145. The molecule has 4 rings (SSSR count). The fourth-order valence-corrected chi connectivity index (χ4v) is 3.92. The summed E-state index contributed by atoms with van der Waals surface area (Å²) in [5.41, 5.74) is 2.29. The van der Waals surface area contributed by atoms with Crippen molar-refractivity contribution in [3.8, 4) is 17.2 Å². The third-order valence-corrected chi connectivity index (χ3v) is 6.06. The molecule has 0 bridgehead atoms. The van der Waals surface area contributed by atoms with Gasteiger partial charge in [-0.3, -0.25) is 15.1 Å². The lowest BCUT2D eigenvalue weighted by molar-refractivity contribution is 0.0832. The Balaban J connectivity index is 1.47. The molecule has 214 valence electrons. The second-order valence-corrected chi connectivity index (χ2v) is 10.4. The van der Waals surface area contributed by atoms with Crippen molar-refractivity contribution < 1.29 is 24.2 Å². The van der Waals surface area contributed by atoms with E-state index in [1.807, 2.05) is 32.9 Å². The van der Waals surface area contributed by atoms with Gasteiger partial charge in [-0.15, -0.1) is 0 Å². The topological polar surface area (TPSA) is 128 Å². The normalized spacial score (nSPS) is 11.2. The lowest BCUT2D eigenvalue weighted by atomic mass is 9.92. The second kappa shape index (κ2) is 13.7. The predicted molar refractivity (Wildman–Crippen MR) is 157 cm³/mol. The number of aromatic nitrogens is 3. The number of amides is 2. The molecular formula is C31H35N5O5. The smallest absolute Gasteiger partial charge is 0.324 e. The predicted octanol–water partition coefficient (Wildman–Crippen LogP) is 5.97.